The van der Waals surface area contributed by atoms with Gasteiger partial charge in [0.15, 0.2) is 0 Å². The van der Waals surface area contributed by atoms with E-state index in [2.05, 4.69) is 0 Å². The van der Waals surface area contributed by atoms with Gasteiger partial charge in [-0.15, -0.1) is 0 Å². The lowest BCUT2D eigenvalue weighted by atomic mass is 9.91. The van der Waals surface area contributed by atoms with Gasteiger partial charge in [-0.2, -0.15) is 0 Å². The molecule has 0 rings (SSSR count). The molecule has 0 aromatic carbocycles. The Labute approximate surface area is 98.0 Å². The first-order valence-electron chi connectivity index (χ1n) is 5.21. The molecule has 0 aliphatic rings. The van der Waals surface area contributed by atoms with Crippen LogP contribution in [-0.2, 0) is 4.79 Å². The molecular weight excluding hydrogens is 208 g/mol. The van der Waals surface area contributed by atoms with Crippen LogP contribution in [0, 0.1) is 5.41 Å². The standard InChI is InChI=1S/C11H22N2OS/c1-8(2)13(7-9(12)15)10(14)6-11(3,4)5/h8H,6-7H2,1-5H3,(H2,12,15). The lowest BCUT2D eigenvalue weighted by Gasteiger charge is -2.29. The van der Waals surface area contributed by atoms with E-state index in [-0.39, 0.29) is 17.4 Å². The fraction of sp³-hybridized carbons (Fsp3) is 0.818. The minimum absolute atomic E-state index is 0.000437. The van der Waals surface area contributed by atoms with Crippen molar-refractivity contribution in [3.05, 3.63) is 0 Å². The number of carbonyl (C=O) groups excluding carboxylic acids is 1. The summed E-state index contributed by atoms with van der Waals surface area (Å²) < 4.78 is 0. The third kappa shape index (κ3) is 6.44. The highest BCUT2D eigenvalue weighted by Gasteiger charge is 2.23. The topological polar surface area (TPSA) is 46.3 Å². The lowest BCUT2D eigenvalue weighted by molar-refractivity contribution is -0.133. The molecule has 0 radical (unpaired) electrons. The third-order valence-corrected chi connectivity index (χ3v) is 2.08. The summed E-state index contributed by atoms with van der Waals surface area (Å²) in [5.74, 6) is 0.116. The highest BCUT2D eigenvalue weighted by molar-refractivity contribution is 7.80. The Kier molecular flexibility index (Phi) is 5.21. The maximum Gasteiger partial charge on any atom is 0.223 e. The molecule has 0 unspecified atom stereocenters. The van der Waals surface area contributed by atoms with Gasteiger partial charge in [0, 0.05) is 12.5 Å². The molecule has 0 aliphatic carbocycles. The molecule has 0 aromatic rings. The van der Waals surface area contributed by atoms with Crippen molar-refractivity contribution in [3.8, 4) is 0 Å². The molecule has 0 spiro atoms. The second kappa shape index (κ2) is 5.45. The summed E-state index contributed by atoms with van der Waals surface area (Å²) in [6, 6.07) is 0.140. The SMILES string of the molecule is CC(C)N(CC(N)=S)C(=O)CC(C)(C)C. The van der Waals surface area contributed by atoms with E-state index in [1.54, 1.807) is 4.90 Å². The largest absolute Gasteiger partial charge is 0.392 e. The average molecular weight is 230 g/mol. The molecule has 3 nitrogen and oxygen atoms in total. The molecule has 1 amide bonds. The number of amides is 1. The van der Waals surface area contributed by atoms with Gasteiger partial charge in [-0.3, -0.25) is 4.79 Å². The number of thiocarbonyl (C=S) groups is 1. The Morgan fingerprint density at radius 3 is 2.13 bits per heavy atom. The van der Waals surface area contributed by atoms with Crippen LogP contribution in [0.1, 0.15) is 41.0 Å². The average Bonchev–Trinajstić information content (AvgIpc) is 1.95. The van der Waals surface area contributed by atoms with E-state index in [1.165, 1.54) is 0 Å². The molecule has 88 valence electrons. The van der Waals surface area contributed by atoms with Crippen LogP contribution in [0.5, 0.6) is 0 Å². The molecule has 2 N–H and O–H groups in total. The van der Waals surface area contributed by atoms with E-state index >= 15 is 0 Å². The molecule has 0 fully saturated rings. The van der Waals surface area contributed by atoms with Crippen molar-refractivity contribution < 1.29 is 4.79 Å². The van der Waals surface area contributed by atoms with E-state index in [0.29, 0.717) is 18.0 Å². The predicted octanol–water partition coefficient (Wildman–Crippen LogP) is 1.95. The maximum absolute atomic E-state index is 11.9. The molecule has 0 bridgehead atoms. The predicted molar refractivity (Wildman–Crippen MR) is 67.7 cm³/mol. The van der Waals surface area contributed by atoms with Gasteiger partial charge in [0.05, 0.1) is 11.5 Å². The highest BCUT2D eigenvalue weighted by Crippen LogP contribution is 2.20. The first-order valence-corrected chi connectivity index (χ1v) is 5.62. The number of nitrogens with two attached hydrogens (primary N) is 1. The summed E-state index contributed by atoms with van der Waals surface area (Å²) in [5, 5.41) is 0. The first kappa shape index (κ1) is 14.4. The summed E-state index contributed by atoms with van der Waals surface area (Å²) >= 11 is 4.84. The summed E-state index contributed by atoms with van der Waals surface area (Å²) in [6.45, 7) is 10.5. The van der Waals surface area contributed by atoms with E-state index in [1.807, 2.05) is 34.6 Å². The molecule has 15 heavy (non-hydrogen) atoms. The van der Waals surface area contributed by atoms with Gasteiger partial charge in [0.25, 0.3) is 0 Å². The Balaban J connectivity index is 4.50. The van der Waals surface area contributed by atoms with Gasteiger partial charge in [-0.25, -0.2) is 0 Å². The smallest absolute Gasteiger partial charge is 0.223 e. The van der Waals surface area contributed by atoms with Gasteiger partial charge in [0.2, 0.25) is 5.91 Å². The van der Waals surface area contributed by atoms with E-state index in [9.17, 15) is 4.79 Å². The van der Waals surface area contributed by atoms with Gasteiger partial charge >= 0.3 is 0 Å². The van der Waals surface area contributed by atoms with Crippen molar-refractivity contribution in [1.29, 1.82) is 0 Å². The molecule has 4 heteroatoms. The maximum atomic E-state index is 11.9. The monoisotopic (exact) mass is 230 g/mol. The van der Waals surface area contributed by atoms with Gasteiger partial charge in [-0.05, 0) is 19.3 Å². The van der Waals surface area contributed by atoms with Crippen LogP contribution >= 0.6 is 12.2 Å². The third-order valence-electron chi connectivity index (χ3n) is 1.95. The minimum Gasteiger partial charge on any atom is -0.392 e. The molecule has 0 aromatic heterocycles. The molecule has 0 heterocycles. The van der Waals surface area contributed by atoms with Crippen LogP contribution in [-0.4, -0.2) is 28.4 Å². The van der Waals surface area contributed by atoms with Crippen molar-refractivity contribution in [2.24, 2.45) is 11.1 Å². The molecule has 0 saturated carbocycles. The zero-order chi connectivity index (χ0) is 12.2. The number of hydrogen-bond acceptors (Lipinski definition) is 2. The zero-order valence-corrected chi connectivity index (χ0v) is 11.1. The Bertz CT molecular complexity index is 243. The second-order valence-electron chi connectivity index (χ2n) is 5.32. The number of rotatable bonds is 4. The van der Waals surface area contributed by atoms with Crippen LogP contribution in [0.15, 0.2) is 0 Å². The summed E-state index contributed by atoms with van der Waals surface area (Å²) in [6.07, 6.45) is 0.522. The van der Waals surface area contributed by atoms with E-state index in [4.69, 9.17) is 18.0 Å². The van der Waals surface area contributed by atoms with Crippen molar-refractivity contribution in [2.75, 3.05) is 6.54 Å². The van der Waals surface area contributed by atoms with Gasteiger partial charge in [-0.1, -0.05) is 33.0 Å². The highest BCUT2D eigenvalue weighted by atomic mass is 32.1. The van der Waals surface area contributed by atoms with Gasteiger partial charge < -0.3 is 10.6 Å². The minimum atomic E-state index is 0.000437. The van der Waals surface area contributed by atoms with Crippen LogP contribution < -0.4 is 5.73 Å². The summed E-state index contributed by atoms with van der Waals surface area (Å²) in [4.78, 5) is 14.0. The number of hydrogen-bond donors (Lipinski definition) is 1. The van der Waals surface area contributed by atoms with Crippen molar-refractivity contribution in [1.82, 2.24) is 4.90 Å². The Morgan fingerprint density at radius 2 is 1.87 bits per heavy atom. The quantitative estimate of drug-likeness (QED) is 0.751. The van der Waals surface area contributed by atoms with Crippen LogP contribution in [0.4, 0.5) is 0 Å². The van der Waals surface area contributed by atoms with Gasteiger partial charge in [0.1, 0.15) is 0 Å². The van der Waals surface area contributed by atoms with Crippen LogP contribution in [0.3, 0.4) is 0 Å². The van der Waals surface area contributed by atoms with Crippen molar-refractivity contribution in [3.63, 3.8) is 0 Å². The molecule has 0 saturated heterocycles. The molecule has 0 aliphatic heterocycles. The first-order chi connectivity index (χ1) is 6.63. The number of nitrogens with zero attached hydrogens (tertiary/aromatic N) is 1. The Hall–Kier alpha value is -0.640. The lowest BCUT2D eigenvalue weighted by Crippen LogP contribution is -2.43. The molecule has 0 atom stereocenters. The van der Waals surface area contributed by atoms with Crippen molar-refractivity contribution in [2.45, 2.75) is 47.1 Å². The van der Waals surface area contributed by atoms with Crippen LogP contribution in [0.25, 0.3) is 0 Å². The fourth-order valence-electron chi connectivity index (χ4n) is 1.28. The van der Waals surface area contributed by atoms with Crippen LogP contribution in [0.2, 0.25) is 0 Å². The number of carbonyl (C=O) groups is 1. The normalized spacial score (nSPS) is 11.6. The van der Waals surface area contributed by atoms with E-state index < -0.39 is 0 Å². The zero-order valence-electron chi connectivity index (χ0n) is 10.3. The second-order valence-corrected chi connectivity index (χ2v) is 5.84. The van der Waals surface area contributed by atoms with E-state index in [0.717, 1.165) is 0 Å². The van der Waals surface area contributed by atoms with Crippen molar-refractivity contribution >= 4 is 23.1 Å². The summed E-state index contributed by atoms with van der Waals surface area (Å²) in [7, 11) is 0. The Morgan fingerprint density at radius 1 is 1.40 bits per heavy atom. The fourth-order valence-corrected chi connectivity index (χ4v) is 1.42. The molecular formula is C11H22N2OS. The summed E-state index contributed by atoms with van der Waals surface area (Å²) in [5.41, 5.74) is 5.47.